The molecule has 0 bridgehead atoms. The zero-order valence-corrected chi connectivity index (χ0v) is 14.7. The molecule has 8 heteroatoms. The Morgan fingerprint density at radius 2 is 2.40 bits per heavy atom. The summed E-state index contributed by atoms with van der Waals surface area (Å²) in [7, 11) is 2.07. The molecule has 0 aliphatic carbocycles. The molecule has 3 heterocycles. The number of carbonyl (C=O) groups excluding carboxylic acids is 1. The summed E-state index contributed by atoms with van der Waals surface area (Å²) in [6, 6.07) is 6.01. The molecule has 0 spiro atoms. The van der Waals surface area contributed by atoms with Crippen LogP contribution in [0.3, 0.4) is 0 Å². The number of aryl methyl sites for hydroxylation is 1. The monoisotopic (exact) mass is 344 g/mol. The van der Waals surface area contributed by atoms with Crippen molar-refractivity contribution in [3.05, 3.63) is 30.2 Å². The Kier molecular flexibility index (Phi) is 5.60. The fourth-order valence-electron chi connectivity index (χ4n) is 3.08. The maximum Gasteiger partial charge on any atom is 0.226 e. The summed E-state index contributed by atoms with van der Waals surface area (Å²) in [5.74, 6) is 2.01. The largest absolute Gasteiger partial charge is 0.360 e. The molecular formula is C17H24N6O2. The molecule has 0 aromatic carbocycles. The van der Waals surface area contributed by atoms with Gasteiger partial charge in [-0.15, -0.1) is 5.10 Å². The highest BCUT2D eigenvalue weighted by Gasteiger charge is 2.24. The summed E-state index contributed by atoms with van der Waals surface area (Å²) in [5, 5.41) is 14.7. The Morgan fingerprint density at radius 1 is 1.52 bits per heavy atom. The summed E-state index contributed by atoms with van der Waals surface area (Å²) >= 11 is 0. The van der Waals surface area contributed by atoms with E-state index in [0.29, 0.717) is 30.6 Å². The van der Waals surface area contributed by atoms with Gasteiger partial charge in [-0.2, -0.15) is 5.10 Å². The molecule has 1 saturated heterocycles. The summed E-state index contributed by atoms with van der Waals surface area (Å²) in [6.07, 6.45) is 4.34. The van der Waals surface area contributed by atoms with Gasteiger partial charge >= 0.3 is 0 Å². The quantitative estimate of drug-likeness (QED) is 0.853. The Morgan fingerprint density at radius 3 is 3.12 bits per heavy atom. The fourth-order valence-corrected chi connectivity index (χ4v) is 3.08. The van der Waals surface area contributed by atoms with Gasteiger partial charge in [-0.05, 0) is 38.9 Å². The van der Waals surface area contributed by atoms with Crippen LogP contribution in [0.1, 0.15) is 25.0 Å². The number of likely N-dealkylation sites (N-methyl/N-ethyl adjacent to an activating group) is 1. The minimum Gasteiger partial charge on any atom is -0.360 e. The van der Waals surface area contributed by atoms with E-state index in [1.165, 1.54) is 0 Å². The molecule has 3 rings (SSSR count). The average molecular weight is 344 g/mol. The molecule has 1 aliphatic rings. The van der Waals surface area contributed by atoms with E-state index in [9.17, 15) is 4.79 Å². The van der Waals surface area contributed by atoms with Crippen LogP contribution in [0, 0.1) is 6.92 Å². The number of piperidine rings is 1. The maximum atomic E-state index is 12.0. The standard InChI is InChI=1S/C17H24N6O2/c1-13-11-15(21-25-13)19-17(24)7-10-22(2)14-5-4-9-23(12-14)16-6-3-8-18-20-16/h3,6,8,11,14H,4-5,7,9-10,12H2,1-2H3,(H,19,21,24). The zero-order valence-electron chi connectivity index (χ0n) is 14.7. The van der Waals surface area contributed by atoms with Crippen LogP contribution in [0.25, 0.3) is 0 Å². The number of rotatable bonds is 6. The van der Waals surface area contributed by atoms with Gasteiger partial charge in [0.25, 0.3) is 0 Å². The van der Waals surface area contributed by atoms with Crippen molar-refractivity contribution >= 4 is 17.5 Å². The van der Waals surface area contributed by atoms with Gasteiger partial charge in [0, 0.05) is 44.4 Å². The van der Waals surface area contributed by atoms with Gasteiger partial charge < -0.3 is 19.6 Å². The predicted octanol–water partition coefficient (Wildman–Crippen LogP) is 1.70. The molecular weight excluding hydrogens is 320 g/mol. The minimum absolute atomic E-state index is 0.0539. The Bertz CT molecular complexity index is 689. The van der Waals surface area contributed by atoms with Crippen LogP contribution in [0.2, 0.25) is 0 Å². The van der Waals surface area contributed by atoms with Gasteiger partial charge in [0.05, 0.1) is 0 Å². The molecule has 1 atom stereocenters. The molecule has 1 unspecified atom stereocenters. The number of amides is 1. The van der Waals surface area contributed by atoms with Crippen molar-refractivity contribution in [3.8, 4) is 0 Å². The number of anilines is 2. The van der Waals surface area contributed by atoms with E-state index in [-0.39, 0.29) is 5.91 Å². The van der Waals surface area contributed by atoms with Crippen molar-refractivity contribution < 1.29 is 9.32 Å². The Balaban J connectivity index is 1.47. The molecule has 1 fully saturated rings. The topological polar surface area (TPSA) is 87.4 Å². The molecule has 2 aromatic rings. The van der Waals surface area contributed by atoms with Gasteiger partial charge in [0.15, 0.2) is 11.6 Å². The smallest absolute Gasteiger partial charge is 0.226 e. The van der Waals surface area contributed by atoms with E-state index >= 15 is 0 Å². The lowest BCUT2D eigenvalue weighted by atomic mass is 10.0. The van der Waals surface area contributed by atoms with E-state index in [4.69, 9.17) is 4.52 Å². The molecule has 8 nitrogen and oxygen atoms in total. The van der Waals surface area contributed by atoms with Gasteiger partial charge in [-0.1, -0.05) is 5.16 Å². The van der Waals surface area contributed by atoms with Crippen LogP contribution in [0.5, 0.6) is 0 Å². The molecule has 0 saturated carbocycles. The lowest BCUT2D eigenvalue weighted by molar-refractivity contribution is -0.116. The molecule has 2 aromatic heterocycles. The van der Waals surface area contributed by atoms with Crippen LogP contribution in [-0.4, -0.2) is 58.9 Å². The van der Waals surface area contributed by atoms with Crippen molar-refractivity contribution in [2.24, 2.45) is 0 Å². The van der Waals surface area contributed by atoms with Crippen LogP contribution in [0.4, 0.5) is 11.6 Å². The SMILES string of the molecule is Cc1cc(NC(=O)CCN(C)C2CCCN(c3cccnn3)C2)no1. The predicted molar refractivity (Wildman–Crippen MR) is 94.4 cm³/mol. The second kappa shape index (κ2) is 8.06. The number of hydrogen-bond acceptors (Lipinski definition) is 7. The summed E-state index contributed by atoms with van der Waals surface area (Å²) in [5.41, 5.74) is 0. The Hall–Kier alpha value is -2.48. The highest BCUT2D eigenvalue weighted by Crippen LogP contribution is 2.19. The molecule has 1 N–H and O–H groups in total. The minimum atomic E-state index is -0.0539. The van der Waals surface area contributed by atoms with E-state index in [1.807, 2.05) is 12.1 Å². The van der Waals surface area contributed by atoms with Gasteiger partial charge in [-0.25, -0.2) is 0 Å². The second-order valence-corrected chi connectivity index (χ2v) is 6.43. The van der Waals surface area contributed by atoms with Crippen LogP contribution in [-0.2, 0) is 4.79 Å². The van der Waals surface area contributed by atoms with E-state index in [2.05, 4.69) is 37.5 Å². The number of hydrogen-bond donors (Lipinski definition) is 1. The van der Waals surface area contributed by atoms with Crippen molar-refractivity contribution in [1.29, 1.82) is 0 Å². The van der Waals surface area contributed by atoms with Crippen LogP contribution in [0.15, 0.2) is 28.9 Å². The lowest BCUT2D eigenvalue weighted by Gasteiger charge is -2.38. The lowest BCUT2D eigenvalue weighted by Crippen LogP contribution is -2.47. The third-order valence-corrected chi connectivity index (χ3v) is 4.49. The molecule has 134 valence electrons. The first-order chi connectivity index (χ1) is 12.1. The van der Waals surface area contributed by atoms with Crippen molar-refractivity contribution in [2.75, 3.05) is 36.9 Å². The molecule has 25 heavy (non-hydrogen) atoms. The van der Waals surface area contributed by atoms with Gasteiger partial charge in [-0.3, -0.25) is 4.79 Å². The average Bonchev–Trinajstić information content (AvgIpc) is 3.05. The van der Waals surface area contributed by atoms with Gasteiger partial charge in [0.1, 0.15) is 5.76 Å². The first-order valence-electron chi connectivity index (χ1n) is 8.58. The number of aromatic nitrogens is 3. The first kappa shape index (κ1) is 17.3. The van der Waals surface area contributed by atoms with Crippen LogP contribution >= 0.6 is 0 Å². The molecule has 1 amide bonds. The number of nitrogens with zero attached hydrogens (tertiary/aromatic N) is 5. The van der Waals surface area contributed by atoms with E-state index in [0.717, 1.165) is 31.7 Å². The normalized spacial score (nSPS) is 17.7. The summed E-state index contributed by atoms with van der Waals surface area (Å²) in [4.78, 5) is 16.6. The van der Waals surface area contributed by atoms with Crippen molar-refractivity contribution in [3.63, 3.8) is 0 Å². The molecule has 1 aliphatic heterocycles. The van der Waals surface area contributed by atoms with Crippen molar-refractivity contribution in [1.82, 2.24) is 20.3 Å². The highest BCUT2D eigenvalue weighted by atomic mass is 16.5. The third-order valence-electron chi connectivity index (χ3n) is 4.49. The number of nitrogens with one attached hydrogen (secondary N) is 1. The summed E-state index contributed by atoms with van der Waals surface area (Å²) < 4.78 is 4.95. The maximum absolute atomic E-state index is 12.0. The zero-order chi connectivity index (χ0) is 17.6. The fraction of sp³-hybridized carbons (Fsp3) is 0.529. The molecule has 0 radical (unpaired) electrons. The van der Waals surface area contributed by atoms with E-state index < -0.39 is 0 Å². The van der Waals surface area contributed by atoms with E-state index in [1.54, 1.807) is 19.2 Å². The van der Waals surface area contributed by atoms with Crippen LogP contribution < -0.4 is 10.2 Å². The van der Waals surface area contributed by atoms with Crippen molar-refractivity contribution in [2.45, 2.75) is 32.2 Å². The van der Waals surface area contributed by atoms with Gasteiger partial charge in [0.2, 0.25) is 5.91 Å². The summed E-state index contributed by atoms with van der Waals surface area (Å²) in [6.45, 7) is 4.39. The highest BCUT2D eigenvalue weighted by molar-refractivity contribution is 5.89. The second-order valence-electron chi connectivity index (χ2n) is 6.43. The first-order valence-corrected chi connectivity index (χ1v) is 8.58. The third kappa shape index (κ3) is 4.76. The number of carbonyl (C=O) groups is 1. The Labute approximate surface area is 147 Å².